The van der Waals surface area contributed by atoms with Crippen LogP contribution in [0.4, 0.5) is 17.6 Å². The van der Waals surface area contributed by atoms with Crippen LogP contribution >= 0.6 is 11.6 Å². The summed E-state index contributed by atoms with van der Waals surface area (Å²) < 4.78 is 0. The third-order valence-corrected chi connectivity index (χ3v) is 5.09. The van der Waals surface area contributed by atoms with Crippen LogP contribution in [0.2, 0.25) is 5.15 Å². The number of hydrogen-bond donors (Lipinski definition) is 3. The molecule has 1 unspecified atom stereocenters. The number of rotatable bonds is 5. The molecule has 3 N–H and O–H groups in total. The molecule has 2 fully saturated rings. The number of aliphatic hydroxyl groups is 1. The van der Waals surface area contributed by atoms with Crippen molar-refractivity contribution in [2.24, 2.45) is 0 Å². The van der Waals surface area contributed by atoms with Crippen LogP contribution in [0.3, 0.4) is 0 Å². The van der Waals surface area contributed by atoms with E-state index < -0.39 is 6.10 Å². The number of nitrogens with one attached hydrogen (secondary N) is 2. The lowest BCUT2D eigenvalue weighted by Crippen LogP contribution is -2.44. The molecular weight excluding hydrogens is 368 g/mol. The van der Waals surface area contributed by atoms with Gasteiger partial charge >= 0.3 is 0 Å². The summed E-state index contributed by atoms with van der Waals surface area (Å²) in [4.78, 5) is 23.1. The van der Waals surface area contributed by atoms with Gasteiger partial charge in [-0.1, -0.05) is 11.6 Å². The molecule has 2 aliphatic heterocycles. The van der Waals surface area contributed by atoms with E-state index in [9.17, 15) is 5.11 Å². The Balaban J connectivity index is 1.78. The molecule has 0 amide bonds. The number of piperazine rings is 1. The van der Waals surface area contributed by atoms with E-state index in [2.05, 4.69) is 35.4 Å². The third-order valence-electron chi connectivity index (χ3n) is 4.83. The summed E-state index contributed by atoms with van der Waals surface area (Å²) in [6.07, 6.45) is 1.77. The molecule has 0 bridgehead atoms. The topological polar surface area (TPSA) is 102 Å². The number of aromatic nitrogens is 4. The molecule has 2 aromatic rings. The third kappa shape index (κ3) is 3.99. The van der Waals surface area contributed by atoms with E-state index in [1.807, 2.05) is 0 Å². The average molecular weight is 393 g/mol. The van der Waals surface area contributed by atoms with Crippen molar-refractivity contribution in [3.05, 3.63) is 5.15 Å². The van der Waals surface area contributed by atoms with Gasteiger partial charge in [-0.15, -0.1) is 0 Å². The Labute approximate surface area is 163 Å². The second-order valence-electron chi connectivity index (χ2n) is 7.04. The highest BCUT2D eigenvalue weighted by atomic mass is 35.5. The molecule has 0 saturated carbocycles. The Morgan fingerprint density at radius 3 is 2.52 bits per heavy atom. The zero-order chi connectivity index (χ0) is 18.8. The number of anilines is 3. The first-order chi connectivity index (χ1) is 13.1. The SMILES string of the molecule is CC(O)CNc1nc2nc(N3CCNCC3)nc(N3CCCC3)c2nc1Cl. The van der Waals surface area contributed by atoms with Crippen molar-refractivity contribution in [3.8, 4) is 0 Å². The largest absolute Gasteiger partial charge is 0.392 e. The molecule has 2 aromatic heterocycles. The fourth-order valence-corrected chi connectivity index (χ4v) is 3.61. The smallest absolute Gasteiger partial charge is 0.229 e. The van der Waals surface area contributed by atoms with E-state index in [1.54, 1.807) is 6.92 Å². The maximum Gasteiger partial charge on any atom is 0.229 e. The molecule has 0 radical (unpaired) electrons. The van der Waals surface area contributed by atoms with E-state index in [0.717, 1.165) is 57.9 Å². The second-order valence-corrected chi connectivity index (χ2v) is 7.40. The van der Waals surface area contributed by atoms with Gasteiger partial charge in [0.15, 0.2) is 28.0 Å². The van der Waals surface area contributed by atoms with Gasteiger partial charge in [-0.2, -0.15) is 9.97 Å². The lowest BCUT2D eigenvalue weighted by Gasteiger charge is -2.28. The first kappa shape index (κ1) is 18.4. The number of fused-ring (bicyclic) bond motifs is 1. The maximum absolute atomic E-state index is 9.52. The van der Waals surface area contributed by atoms with Crippen LogP contribution in [0.1, 0.15) is 19.8 Å². The van der Waals surface area contributed by atoms with Gasteiger partial charge in [0, 0.05) is 45.8 Å². The van der Waals surface area contributed by atoms with Gasteiger partial charge < -0.3 is 25.5 Å². The summed E-state index contributed by atoms with van der Waals surface area (Å²) in [6, 6.07) is 0. The number of halogens is 1. The van der Waals surface area contributed by atoms with E-state index in [1.165, 1.54) is 0 Å². The lowest BCUT2D eigenvalue weighted by molar-refractivity contribution is 0.208. The minimum Gasteiger partial charge on any atom is -0.392 e. The number of aliphatic hydroxyl groups excluding tert-OH is 1. The monoisotopic (exact) mass is 392 g/mol. The van der Waals surface area contributed by atoms with E-state index in [-0.39, 0.29) is 5.15 Å². The molecule has 1 atom stereocenters. The summed E-state index contributed by atoms with van der Waals surface area (Å²) in [5, 5.41) is 16.2. The highest BCUT2D eigenvalue weighted by Crippen LogP contribution is 2.30. The second kappa shape index (κ2) is 7.95. The highest BCUT2D eigenvalue weighted by molar-refractivity contribution is 6.32. The summed E-state index contributed by atoms with van der Waals surface area (Å²) in [5.74, 6) is 1.92. The van der Waals surface area contributed by atoms with Gasteiger partial charge in [0.2, 0.25) is 5.95 Å². The van der Waals surface area contributed by atoms with Gasteiger partial charge in [0.25, 0.3) is 0 Å². The summed E-state index contributed by atoms with van der Waals surface area (Å²) in [5.41, 5.74) is 1.15. The van der Waals surface area contributed by atoms with Crippen LogP contribution in [0, 0.1) is 0 Å². The summed E-state index contributed by atoms with van der Waals surface area (Å²) in [6.45, 7) is 7.49. The zero-order valence-corrected chi connectivity index (χ0v) is 16.2. The molecule has 10 heteroatoms. The fourth-order valence-electron chi connectivity index (χ4n) is 3.41. The molecule has 4 heterocycles. The van der Waals surface area contributed by atoms with Gasteiger partial charge in [-0.3, -0.25) is 0 Å². The first-order valence-electron chi connectivity index (χ1n) is 9.49. The quantitative estimate of drug-likeness (QED) is 0.684. The maximum atomic E-state index is 9.52. The Bertz CT molecular complexity index is 805. The Morgan fingerprint density at radius 2 is 1.81 bits per heavy atom. The molecule has 27 heavy (non-hydrogen) atoms. The highest BCUT2D eigenvalue weighted by Gasteiger charge is 2.23. The Hall–Kier alpha value is -1.97. The zero-order valence-electron chi connectivity index (χ0n) is 15.4. The molecule has 2 saturated heterocycles. The Kier molecular flexibility index (Phi) is 5.42. The predicted octanol–water partition coefficient (Wildman–Crippen LogP) is 0.876. The van der Waals surface area contributed by atoms with Crippen molar-refractivity contribution < 1.29 is 5.11 Å². The molecular formula is C17H25ClN8O. The minimum absolute atomic E-state index is 0.266. The molecule has 0 aromatic carbocycles. The molecule has 2 aliphatic rings. The minimum atomic E-state index is -0.513. The molecule has 146 valence electrons. The molecule has 9 nitrogen and oxygen atoms in total. The van der Waals surface area contributed by atoms with Crippen molar-refractivity contribution in [3.63, 3.8) is 0 Å². The molecule has 0 aliphatic carbocycles. The van der Waals surface area contributed by atoms with Crippen molar-refractivity contribution in [1.82, 2.24) is 25.3 Å². The summed E-state index contributed by atoms with van der Waals surface area (Å²) >= 11 is 6.34. The van der Waals surface area contributed by atoms with E-state index in [0.29, 0.717) is 29.5 Å². The predicted molar refractivity (Wildman–Crippen MR) is 107 cm³/mol. The normalized spacial score (nSPS) is 18.9. The number of hydrogen-bond acceptors (Lipinski definition) is 9. The van der Waals surface area contributed by atoms with Crippen molar-refractivity contribution >= 4 is 40.3 Å². The van der Waals surface area contributed by atoms with Gasteiger partial charge in [0.1, 0.15) is 0 Å². The van der Waals surface area contributed by atoms with Crippen LogP contribution in [0.5, 0.6) is 0 Å². The van der Waals surface area contributed by atoms with Crippen molar-refractivity contribution in [2.75, 3.05) is 60.9 Å². The van der Waals surface area contributed by atoms with Crippen LogP contribution in [-0.4, -0.2) is 77.0 Å². The van der Waals surface area contributed by atoms with Crippen LogP contribution in [-0.2, 0) is 0 Å². The fraction of sp³-hybridized carbons (Fsp3) is 0.647. The van der Waals surface area contributed by atoms with Gasteiger partial charge in [-0.25, -0.2) is 9.97 Å². The van der Waals surface area contributed by atoms with E-state index >= 15 is 0 Å². The van der Waals surface area contributed by atoms with Gasteiger partial charge in [0.05, 0.1) is 6.10 Å². The first-order valence-corrected chi connectivity index (χ1v) is 9.87. The Morgan fingerprint density at radius 1 is 1.07 bits per heavy atom. The average Bonchev–Trinajstić information content (AvgIpc) is 3.21. The lowest BCUT2D eigenvalue weighted by atomic mass is 10.3. The molecule has 4 rings (SSSR count). The van der Waals surface area contributed by atoms with Gasteiger partial charge in [-0.05, 0) is 19.8 Å². The van der Waals surface area contributed by atoms with Crippen molar-refractivity contribution in [2.45, 2.75) is 25.9 Å². The van der Waals surface area contributed by atoms with E-state index in [4.69, 9.17) is 16.6 Å². The van der Waals surface area contributed by atoms with Crippen LogP contribution in [0.15, 0.2) is 0 Å². The summed E-state index contributed by atoms with van der Waals surface area (Å²) in [7, 11) is 0. The van der Waals surface area contributed by atoms with Crippen molar-refractivity contribution in [1.29, 1.82) is 0 Å². The van der Waals surface area contributed by atoms with Crippen LogP contribution in [0.25, 0.3) is 11.2 Å². The standard InChI is InChI=1S/C17H25ClN8O/c1-11(27)10-20-15-13(18)21-12-14(22-15)23-17(26-8-4-19-5-9-26)24-16(12)25-6-2-3-7-25/h11,19,27H,2-10H2,1H3,(H,20,22,23,24). The van der Waals surface area contributed by atoms with Crippen LogP contribution < -0.4 is 20.4 Å². The molecule has 0 spiro atoms. The number of nitrogens with zero attached hydrogens (tertiary/aromatic N) is 6.